The monoisotopic (exact) mass is 354 g/mol. The number of nitrogens with one attached hydrogen (secondary N) is 3. The molecule has 1 aromatic heterocycles. The second-order valence-corrected chi connectivity index (χ2v) is 6.93. The number of aromatic amines is 1. The molecule has 1 unspecified atom stereocenters. The number of carbonyl (C=O) groups is 1. The largest absolute Gasteiger partial charge is 0.500 e. The molecule has 0 saturated heterocycles. The highest BCUT2D eigenvalue weighted by molar-refractivity contribution is 5.99. The molecule has 2 amide bonds. The molecule has 138 valence electrons. The summed E-state index contributed by atoms with van der Waals surface area (Å²) in [6.07, 6.45) is 8.01. The quantitative estimate of drug-likeness (QED) is 0.723. The predicted octanol–water partition coefficient (Wildman–Crippen LogP) is 4.30. The fourth-order valence-corrected chi connectivity index (χ4v) is 3.10. The van der Waals surface area contributed by atoms with Crippen molar-refractivity contribution >= 4 is 22.8 Å². The van der Waals surface area contributed by atoms with E-state index < -0.39 is 0 Å². The van der Waals surface area contributed by atoms with Crippen LogP contribution in [-0.2, 0) is 4.74 Å². The molecule has 0 fully saturated rings. The van der Waals surface area contributed by atoms with Crippen molar-refractivity contribution in [1.82, 2.24) is 15.5 Å². The third-order valence-corrected chi connectivity index (χ3v) is 4.58. The van der Waals surface area contributed by atoms with E-state index in [4.69, 9.17) is 4.74 Å². The van der Waals surface area contributed by atoms with E-state index in [0.717, 1.165) is 35.1 Å². The van der Waals surface area contributed by atoms with Crippen molar-refractivity contribution in [1.29, 1.82) is 0 Å². The van der Waals surface area contributed by atoms with Crippen LogP contribution in [0.3, 0.4) is 0 Å². The van der Waals surface area contributed by atoms with Crippen LogP contribution in [0, 0.1) is 5.92 Å². The van der Waals surface area contributed by atoms with Gasteiger partial charge in [-0.3, -0.25) is 10.4 Å². The Morgan fingerprint density at radius 3 is 3.04 bits per heavy atom. The minimum absolute atomic E-state index is 0.202. The molecular formula is C20H26N4O2. The summed E-state index contributed by atoms with van der Waals surface area (Å²) in [6, 6.07) is 5.89. The Balaban J connectivity index is 1.72. The minimum Gasteiger partial charge on any atom is -0.500 e. The van der Waals surface area contributed by atoms with Gasteiger partial charge in [-0.25, -0.2) is 4.79 Å². The topological polar surface area (TPSA) is 79.0 Å². The average molecular weight is 354 g/mol. The number of hydrogen-bond acceptors (Lipinski definition) is 3. The van der Waals surface area contributed by atoms with Crippen molar-refractivity contribution in [3.63, 3.8) is 0 Å². The maximum Gasteiger partial charge on any atom is 0.320 e. The molecule has 6 nitrogen and oxygen atoms in total. The SMILES string of the molecule is COC1=CC=CCC1c1ccc2c(NC(=O)NCCC(C)C)n[nH]c2c1. The number of nitrogens with zero attached hydrogens (tertiary/aromatic N) is 1. The first-order chi connectivity index (χ1) is 12.6. The first kappa shape index (κ1) is 18.0. The number of fused-ring (bicyclic) bond motifs is 1. The molecule has 0 aliphatic heterocycles. The van der Waals surface area contributed by atoms with Gasteiger partial charge in [0, 0.05) is 17.8 Å². The molecule has 1 aliphatic rings. The summed E-state index contributed by atoms with van der Waals surface area (Å²) < 4.78 is 5.50. The number of amides is 2. The van der Waals surface area contributed by atoms with Crippen LogP contribution in [-0.4, -0.2) is 29.9 Å². The van der Waals surface area contributed by atoms with Gasteiger partial charge in [0.1, 0.15) is 5.76 Å². The smallest absolute Gasteiger partial charge is 0.320 e. The van der Waals surface area contributed by atoms with Gasteiger partial charge in [-0.05, 0) is 42.5 Å². The summed E-state index contributed by atoms with van der Waals surface area (Å²) in [5, 5.41) is 13.8. The lowest BCUT2D eigenvalue weighted by molar-refractivity contribution is 0.251. The summed E-state index contributed by atoms with van der Waals surface area (Å²) in [5.41, 5.74) is 2.05. The maximum atomic E-state index is 12.0. The zero-order valence-corrected chi connectivity index (χ0v) is 15.5. The molecule has 2 aromatic rings. The molecule has 6 heteroatoms. The lowest BCUT2D eigenvalue weighted by Gasteiger charge is -2.20. The minimum atomic E-state index is -0.231. The number of methoxy groups -OCH3 is 1. The standard InChI is InChI=1S/C20H26N4O2/c1-13(2)10-11-21-20(25)22-19-16-9-8-14(12-17(16)23-24-19)15-6-4-5-7-18(15)26-3/h4-5,7-9,12-13,15H,6,10-11H2,1-3H3,(H3,21,22,23,24,25). The molecule has 0 saturated carbocycles. The van der Waals surface area contributed by atoms with Gasteiger partial charge in [-0.15, -0.1) is 0 Å². The molecular weight excluding hydrogens is 328 g/mol. The lowest BCUT2D eigenvalue weighted by atomic mass is 9.90. The lowest BCUT2D eigenvalue weighted by Crippen LogP contribution is -2.30. The van der Waals surface area contributed by atoms with Crippen molar-refractivity contribution in [2.75, 3.05) is 19.0 Å². The normalized spacial score (nSPS) is 16.6. The van der Waals surface area contributed by atoms with E-state index >= 15 is 0 Å². The van der Waals surface area contributed by atoms with Crippen LogP contribution in [0.5, 0.6) is 0 Å². The average Bonchev–Trinajstić information content (AvgIpc) is 3.03. The van der Waals surface area contributed by atoms with Gasteiger partial charge in [0.25, 0.3) is 0 Å². The van der Waals surface area contributed by atoms with Crippen molar-refractivity contribution < 1.29 is 9.53 Å². The summed E-state index contributed by atoms with van der Waals surface area (Å²) >= 11 is 0. The zero-order chi connectivity index (χ0) is 18.5. The van der Waals surface area contributed by atoms with E-state index in [9.17, 15) is 4.79 Å². The molecule has 26 heavy (non-hydrogen) atoms. The second kappa shape index (κ2) is 8.08. The highest BCUT2D eigenvalue weighted by Gasteiger charge is 2.19. The van der Waals surface area contributed by atoms with Crippen molar-refractivity contribution in [3.8, 4) is 0 Å². The van der Waals surface area contributed by atoms with Crippen LogP contribution in [0.1, 0.15) is 38.2 Å². The number of anilines is 1. The third-order valence-electron chi connectivity index (χ3n) is 4.58. The van der Waals surface area contributed by atoms with Crippen molar-refractivity contribution in [2.45, 2.75) is 32.6 Å². The Hall–Kier alpha value is -2.76. The molecule has 3 N–H and O–H groups in total. The van der Waals surface area contributed by atoms with Gasteiger partial charge in [-0.2, -0.15) is 5.10 Å². The number of hydrogen-bond donors (Lipinski definition) is 3. The number of ether oxygens (including phenoxy) is 1. The van der Waals surface area contributed by atoms with Crippen molar-refractivity contribution in [3.05, 3.63) is 47.7 Å². The highest BCUT2D eigenvalue weighted by atomic mass is 16.5. The van der Waals surface area contributed by atoms with E-state index in [1.807, 2.05) is 18.2 Å². The Morgan fingerprint density at radius 2 is 2.27 bits per heavy atom. The molecule has 0 radical (unpaired) electrons. The fourth-order valence-electron chi connectivity index (χ4n) is 3.10. The van der Waals surface area contributed by atoms with E-state index in [-0.39, 0.29) is 11.9 Å². The number of rotatable bonds is 6. The third kappa shape index (κ3) is 4.07. The molecule has 0 bridgehead atoms. The van der Waals surface area contributed by atoms with Gasteiger partial charge >= 0.3 is 6.03 Å². The second-order valence-electron chi connectivity index (χ2n) is 6.93. The molecule has 1 aromatic carbocycles. The van der Waals surface area contributed by atoms with Crippen LogP contribution in [0.2, 0.25) is 0 Å². The van der Waals surface area contributed by atoms with E-state index in [1.165, 1.54) is 0 Å². The van der Waals surface area contributed by atoms with Crippen molar-refractivity contribution in [2.24, 2.45) is 5.92 Å². The summed E-state index contributed by atoms with van der Waals surface area (Å²) in [4.78, 5) is 12.0. The molecule has 3 rings (SSSR count). The number of allylic oxidation sites excluding steroid dienone is 4. The summed E-state index contributed by atoms with van der Waals surface area (Å²) in [7, 11) is 1.70. The van der Waals surface area contributed by atoms with E-state index in [1.54, 1.807) is 7.11 Å². The summed E-state index contributed by atoms with van der Waals surface area (Å²) in [6.45, 7) is 4.91. The first-order valence-corrected chi connectivity index (χ1v) is 9.02. The van der Waals surface area contributed by atoms with Gasteiger partial charge in [0.2, 0.25) is 0 Å². The van der Waals surface area contributed by atoms with Gasteiger partial charge in [0.05, 0.1) is 12.6 Å². The van der Waals surface area contributed by atoms with Gasteiger partial charge < -0.3 is 10.1 Å². The van der Waals surface area contributed by atoms with Gasteiger partial charge in [0.15, 0.2) is 5.82 Å². The first-order valence-electron chi connectivity index (χ1n) is 9.02. The van der Waals surface area contributed by atoms with E-state index in [2.05, 4.69) is 52.9 Å². The number of carbonyl (C=O) groups excluding carboxylic acids is 1. The molecule has 1 aliphatic carbocycles. The highest BCUT2D eigenvalue weighted by Crippen LogP contribution is 2.33. The number of aromatic nitrogens is 2. The zero-order valence-electron chi connectivity index (χ0n) is 15.5. The summed E-state index contributed by atoms with van der Waals surface area (Å²) in [5.74, 6) is 2.25. The Labute approximate surface area is 153 Å². The Morgan fingerprint density at radius 1 is 1.42 bits per heavy atom. The van der Waals surface area contributed by atoms with Crippen LogP contribution in [0.25, 0.3) is 10.9 Å². The number of benzene rings is 1. The Bertz CT molecular complexity index is 835. The molecule has 1 heterocycles. The fraction of sp³-hybridized carbons (Fsp3) is 0.400. The number of urea groups is 1. The number of H-pyrrole nitrogens is 1. The predicted molar refractivity (Wildman–Crippen MR) is 104 cm³/mol. The van der Waals surface area contributed by atoms with Crippen LogP contribution >= 0.6 is 0 Å². The van der Waals surface area contributed by atoms with Crippen LogP contribution in [0.15, 0.2) is 42.2 Å². The molecule has 0 spiro atoms. The van der Waals surface area contributed by atoms with Gasteiger partial charge in [-0.1, -0.05) is 32.1 Å². The molecule has 1 atom stereocenters. The Kier molecular flexibility index (Phi) is 5.61. The van der Waals surface area contributed by atoms with Crippen LogP contribution in [0.4, 0.5) is 10.6 Å². The van der Waals surface area contributed by atoms with Crippen LogP contribution < -0.4 is 10.6 Å². The maximum absolute atomic E-state index is 12.0. The van der Waals surface area contributed by atoms with E-state index in [0.29, 0.717) is 18.3 Å².